The number of halogens is 2. The number of benzene rings is 1. The summed E-state index contributed by atoms with van der Waals surface area (Å²) >= 11 is 4.54. The monoisotopic (exact) mass is 498 g/mol. The number of ether oxygens (including phenoxy) is 1. The van der Waals surface area contributed by atoms with Crippen molar-refractivity contribution in [2.45, 2.75) is 43.6 Å². The maximum Gasteiger partial charge on any atom is 0.183 e. The van der Waals surface area contributed by atoms with Crippen LogP contribution in [0.4, 0.5) is 10.1 Å². The van der Waals surface area contributed by atoms with E-state index >= 15 is 0 Å². The van der Waals surface area contributed by atoms with Crippen LogP contribution in [0.3, 0.4) is 0 Å². The average molecular weight is 499 g/mol. The number of hydrogen-bond acceptors (Lipinski definition) is 7. The second kappa shape index (κ2) is 11.6. The SMILES string of the molecule is NC(=Nc1ccc(F)c(Br)c1)c1nonc1SCCCC(=O)CCC1CCOCC1. The lowest BCUT2D eigenvalue weighted by Gasteiger charge is -2.21. The second-order valence-corrected chi connectivity index (χ2v) is 9.04. The first kappa shape index (κ1) is 22.9. The lowest BCUT2D eigenvalue weighted by molar-refractivity contribution is -0.119. The zero-order valence-electron chi connectivity index (χ0n) is 16.5. The molecule has 1 aromatic carbocycles. The third-order valence-electron chi connectivity index (χ3n) is 4.86. The molecule has 30 heavy (non-hydrogen) atoms. The molecular weight excluding hydrogens is 475 g/mol. The molecule has 1 aliphatic heterocycles. The molecule has 1 aromatic heterocycles. The summed E-state index contributed by atoms with van der Waals surface area (Å²) in [7, 11) is 0. The fourth-order valence-electron chi connectivity index (χ4n) is 3.14. The molecule has 0 atom stereocenters. The van der Waals surface area contributed by atoms with Crippen molar-refractivity contribution in [1.82, 2.24) is 10.3 Å². The first-order valence-corrected chi connectivity index (χ1v) is 11.6. The molecule has 2 aromatic rings. The van der Waals surface area contributed by atoms with Crippen molar-refractivity contribution in [2.24, 2.45) is 16.6 Å². The third-order valence-corrected chi connectivity index (χ3v) is 6.51. The summed E-state index contributed by atoms with van der Waals surface area (Å²) in [5, 5.41) is 8.22. The molecule has 1 saturated heterocycles. The van der Waals surface area contributed by atoms with Gasteiger partial charge in [-0.15, -0.1) is 11.8 Å². The zero-order chi connectivity index (χ0) is 21.3. The molecule has 0 saturated carbocycles. The summed E-state index contributed by atoms with van der Waals surface area (Å²) in [5.74, 6) is 1.35. The van der Waals surface area contributed by atoms with Crippen LogP contribution in [-0.2, 0) is 9.53 Å². The van der Waals surface area contributed by atoms with Gasteiger partial charge in [0.1, 0.15) is 11.6 Å². The number of aliphatic imine (C=N–C) groups is 1. The van der Waals surface area contributed by atoms with Crippen molar-refractivity contribution in [3.8, 4) is 0 Å². The van der Waals surface area contributed by atoms with Gasteiger partial charge in [0.05, 0.1) is 10.2 Å². The number of ketones is 1. The summed E-state index contributed by atoms with van der Waals surface area (Å²) in [5.41, 5.74) is 6.85. The Morgan fingerprint density at radius 3 is 2.87 bits per heavy atom. The molecule has 162 valence electrons. The lowest BCUT2D eigenvalue weighted by atomic mass is 9.93. The van der Waals surface area contributed by atoms with Crippen molar-refractivity contribution in [3.05, 3.63) is 34.2 Å². The van der Waals surface area contributed by atoms with E-state index in [4.69, 9.17) is 15.1 Å². The predicted molar refractivity (Wildman–Crippen MR) is 117 cm³/mol. The summed E-state index contributed by atoms with van der Waals surface area (Å²) < 4.78 is 23.8. The van der Waals surface area contributed by atoms with Gasteiger partial charge in [0, 0.05) is 31.8 Å². The first-order chi connectivity index (χ1) is 14.5. The Hall–Kier alpha value is -1.78. The highest BCUT2D eigenvalue weighted by Crippen LogP contribution is 2.25. The van der Waals surface area contributed by atoms with Crippen molar-refractivity contribution >= 4 is 45.0 Å². The first-order valence-electron chi connectivity index (χ1n) is 9.87. The number of thioether (sulfide) groups is 1. The van der Waals surface area contributed by atoms with E-state index in [1.165, 1.54) is 30.0 Å². The number of Topliss-reactive ketones (excluding diaryl/α,β-unsaturated/α-hetero) is 1. The number of hydrogen-bond donors (Lipinski definition) is 1. The summed E-state index contributed by atoms with van der Waals surface area (Å²) in [6.07, 6.45) is 5.00. The quantitative estimate of drug-likeness (QED) is 0.220. The maximum atomic E-state index is 13.4. The van der Waals surface area contributed by atoms with Crippen molar-refractivity contribution in [3.63, 3.8) is 0 Å². The molecule has 7 nitrogen and oxygen atoms in total. The fourth-order valence-corrected chi connectivity index (χ4v) is 4.35. The highest BCUT2D eigenvalue weighted by atomic mass is 79.9. The molecule has 1 aliphatic rings. The zero-order valence-corrected chi connectivity index (χ0v) is 18.9. The van der Waals surface area contributed by atoms with Crippen LogP contribution >= 0.6 is 27.7 Å². The molecular formula is C20H24BrFN4O3S. The number of nitrogens with zero attached hydrogens (tertiary/aromatic N) is 3. The number of carbonyl (C=O) groups is 1. The standard InChI is InChI=1S/C20H24BrFN4O3S/c21-16-12-14(4-6-17(16)22)24-19(23)18-20(26-29-25-18)30-11-1-2-15(27)5-3-13-7-9-28-10-8-13/h4,6,12-13H,1-3,5,7-11H2,(H2,23,24). The molecule has 0 amide bonds. The van der Waals surface area contributed by atoms with Crippen LogP contribution in [0, 0.1) is 11.7 Å². The Labute approximate surface area is 187 Å². The molecule has 10 heteroatoms. The van der Waals surface area contributed by atoms with Gasteiger partial charge in [0.25, 0.3) is 0 Å². The van der Waals surface area contributed by atoms with Gasteiger partial charge in [-0.1, -0.05) is 0 Å². The Morgan fingerprint density at radius 2 is 2.10 bits per heavy atom. The highest BCUT2D eigenvalue weighted by molar-refractivity contribution is 9.10. The van der Waals surface area contributed by atoms with E-state index in [0.717, 1.165) is 38.9 Å². The van der Waals surface area contributed by atoms with E-state index in [2.05, 4.69) is 31.2 Å². The number of rotatable bonds is 10. The van der Waals surface area contributed by atoms with Gasteiger partial charge >= 0.3 is 0 Å². The molecule has 2 heterocycles. The van der Waals surface area contributed by atoms with Crippen LogP contribution in [-0.4, -0.2) is 40.9 Å². The van der Waals surface area contributed by atoms with Gasteiger partial charge in [-0.2, -0.15) is 0 Å². The Kier molecular flexibility index (Phi) is 8.83. The summed E-state index contributed by atoms with van der Waals surface area (Å²) in [4.78, 5) is 16.4. The Morgan fingerprint density at radius 1 is 1.30 bits per heavy atom. The molecule has 2 N–H and O–H groups in total. The van der Waals surface area contributed by atoms with Crippen LogP contribution in [0.15, 0.2) is 37.3 Å². The molecule has 0 aliphatic carbocycles. The van der Waals surface area contributed by atoms with Crippen LogP contribution in [0.5, 0.6) is 0 Å². The van der Waals surface area contributed by atoms with Crippen LogP contribution in [0.25, 0.3) is 0 Å². The number of amidine groups is 1. The van der Waals surface area contributed by atoms with E-state index in [-0.39, 0.29) is 11.7 Å². The predicted octanol–water partition coefficient (Wildman–Crippen LogP) is 4.66. The molecule has 1 fully saturated rings. The minimum atomic E-state index is -0.380. The molecule has 0 unspecified atom stereocenters. The summed E-state index contributed by atoms with van der Waals surface area (Å²) in [6, 6.07) is 4.33. The van der Waals surface area contributed by atoms with Gasteiger partial charge in [-0.25, -0.2) is 14.0 Å². The smallest absolute Gasteiger partial charge is 0.183 e. The van der Waals surface area contributed by atoms with Crippen molar-refractivity contribution < 1.29 is 18.6 Å². The van der Waals surface area contributed by atoms with E-state index in [1.807, 2.05) is 0 Å². The summed E-state index contributed by atoms with van der Waals surface area (Å²) in [6.45, 7) is 1.63. The minimum absolute atomic E-state index is 0.129. The van der Waals surface area contributed by atoms with Crippen molar-refractivity contribution in [2.75, 3.05) is 19.0 Å². The van der Waals surface area contributed by atoms with Gasteiger partial charge in [0.2, 0.25) is 0 Å². The van der Waals surface area contributed by atoms with Crippen LogP contribution < -0.4 is 5.73 Å². The number of aromatic nitrogens is 2. The highest BCUT2D eigenvalue weighted by Gasteiger charge is 2.17. The molecule has 0 bridgehead atoms. The van der Waals surface area contributed by atoms with E-state index in [0.29, 0.717) is 51.2 Å². The molecule has 0 radical (unpaired) electrons. The average Bonchev–Trinajstić information content (AvgIpc) is 3.22. The molecule has 3 rings (SSSR count). The fraction of sp³-hybridized carbons (Fsp3) is 0.500. The number of carbonyl (C=O) groups excluding carboxylic acids is 1. The van der Waals surface area contributed by atoms with Gasteiger partial charge in [-0.3, -0.25) is 4.79 Å². The van der Waals surface area contributed by atoms with Gasteiger partial charge in [-0.05, 0) is 76.0 Å². The second-order valence-electron chi connectivity index (χ2n) is 7.10. The normalized spacial score (nSPS) is 15.5. The Bertz CT molecular complexity index is 887. The van der Waals surface area contributed by atoms with E-state index in [9.17, 15) is 9.18 Å². The third kappa shape index (κ3) is 6.88. The van der Waals surface area contributed by atoms with E-state index in [1.54, 1.807) is 0 Å². The maximum absolute atomic E-state index is 13.4. The molecule has 0 spiro atoms. The van der Waals surface area contributed by atoms with Gasteiger partial charge in [0.15, 0.2) is 16.6 Å². The Balaban J connectivity index is 1.44. The minimum Gasteiger partial charge on any atom is -0.382 e. The number of nitrogens with two attached hydrogens (primary N) is 1. The topological polar surface area (TPSA) is 104 Å². The van der Waals surface area contributed by atoms with Crippen LogP contribution in [0.1, 0.15) is 44.2 Å². The van der Waals surface area contributed by atoms with Gasteiger partial charge < -0.3 is 10.5 Å². The van der Waals surface area contributed by atoms with E-state index < -0.39 is 0 Å². The largest absolute Gasteiger partial charge is 0.382 e. The van der Waals surface area contributed by atoms with Crippen molar-refractivity contribution in [1.29, 1.82) is 0 Å². The lowest BCUT2D eigenvalue weighted by Crippen LogP contribution is -2.16. The van der Waals surface area contributed by atoms with Crippen LogP contribution in [0.2, 0.25) is 0 Å².